The van der Waals surface area contributed by atoms with Crippen LogP contribution in [0, 0.1) is 0 Å². The third-order valence-corrected chi connectivity index (χ3v) is 4.06. The number of aromatic nitrogens is 1. The third kappa shape index (κ3) is 3.06. The quantitative estimate of drug-likeness (QED) is 0.853. The standard InChI is InChI=1S/C16H15BrN2O3/c17-12-8-13(18-9-12)16(21)22-10-15(20)19-7-3-5-11-4-1-2-6-14(11)19/h1-2,4,6,8-9,18H,3,5,7,10H2. The number of aromatic amines is 1. The van der Waals surface area contributed by atoms with E-state index >= 15 is 0 Å². The molecule has 1 N–H and O–H groups in total. The number of anilines is 1. The molecule has 0 saturated carbocycles. The SMILES string of the molecule is O=C(OCC(=O)N1CCCc2ccccc21)c1cc(Br)c[nH]1. The predicted molar refractivity (Wildman–Crippen MR) is 85.9 cm³/mol. The number of nitrogens with one attached hydrogen (secondary N) is 1. The first-order chi connectivity index (χ1) is 10.6. The van der Waals surface area contributed by atoms with E-state index in [2.05, 4.69) is 20.9 Å². The van der Waals surface area contributed by atoms with Gasteiger partial charge >= 0.3 is 5.97 Å². The number of hydrogen-bond acceptors (Lipinski definition) is 3. The molecule has 1 aliphatic rings. The van der Waals surface area contributed by atoms with Crippen LogP contribution in [0.3, 0.4) is 0 Å². The van der Waals surface area contributed by atoms with Crippen LogP contribution >= 0.6 is 15.9 Å². The van der Waals surface area contributed by atoms with Crippen LogP contribution in [0.4, 0.5) is 5.69 Å². The molecule has 0 radical (unpaired) electrons. The van der Waals surface area contributed by atoms with Crippen molar-refractivity contribution in [1.29, 1.82) is 0 Å². The first-order valence-corrected chi connectivity index (χ1v) is 7.84. The van der Waals surface area contributed by atoms with E-state index in [1.807, 2.05) is 24.3 Å². The average Bonchev–Trinajstić information content (AvgIpc) is 2.98. The molecule has 3 rings (SSSR count). The van der Waals surface area contributed by atoms with Gasteiger partial charge in [-0.1, -0.05) is 18.2 Å². The Morgan fingerprint density at radius 1 is 1.32 bits per heavy atom. The molecular weight excluding hydrogens is 348 g/mol. The second kappa shape index (κ2) is 6.36. The van der Waals surface area contributed by atoms with Crippen molar-refractivity contribution in [2.75, 3.05) is 18.1 Å². The zero-order chi connectivity index (χ0) is 15.5. The van der Waals surface area contributed by atoms with Crippen molar-refractivity contribution in [3.05, 3.63) is 52.3 Å². The number of halogens is 1. The number of amides is 1. The van der Waals surface area contributed by atoms with E-state index < -0.39 is 5.97 Å². The molecule has 0 aliphatic carbocycles. The van der Waals surface area contributed by atoms with Gasteiger partial charge in [-0.25, -0.2) is 4.79 Å². The molecule has 0 spiro atoms. The number of fused-ring (bicyclic) bond motifs is 1. The Hall–Kier alpha value is -2.08. The molecule has 5 nitrogen and oxygen atoms in total. The average molecular weight is 363 g/mol. The van der Waals surface area contributed by atoms with Crippen LogP contribution in [0.5, 0.6) is 0 Å². The van der Waals surface area contributed by atoms with Crippen molar-refractivity contribution < 1.29 is 14.3 Å². The topological polar surface area (TPSA) is 62.4 Å². The fourth-order valence-corrected chi connectivity index (χ4v) is 2.90. The lowest BCUT2D eigenvalue weighted by atomic mass is 10.0. The summed E-state index contributed by atoms with van der Waals surface area (Å²) in [6, 6.07) is 9.44. The number of H-pyrrole nitrogens is 1. The smallest absolute Gasteiger partial charge is 0.355 e. The number of carbonyl (C=O) groups excluding carboxylic acids is 2. The van der Waals surface area contributed by atoms with E-state index in [-0.39, 0.29) is 12.5 Å². The van der Waals surface area contributed by atoms with Gasteiger partial charge in [-0.05, 0) is 46.5 Å². The van der Waals surface area contributed by atoms with Gasteiger partial charge in [-0.15, -0.1) is 0 Å². The number of rotatable bonds is 3. The fraction of sp³-hybridized carbons (Fsp3) is 0.250. The molecular formula is C16H15BrN2O3. The van der Waals surface area contributed by atoms with Gasteiger partial charge in [-0.2, -0.15) is 0 Å². The number of aryl methyl sites for hydroxylation is 1. The number of esters is 1. The van der Waals surface area contributed by atoms with Crippen molar-refractivity contribution in [2.45, 2.75) is 12.8 Å². The van der Waals surface area contributed by atoms with Gasteiger partial charge in [0.15, 0.2) is 6.61 Å². The number of benzene rings is 1. The summed E-state index contributed by atoms with van der Waals surface area (Å²) in [5.74, 6) is -0.740. The van der Waals surface area contributed by atoms with Gasteiger partial charge in [0, 0.05) is 22.9 Å². The normalized spacial score (nSPS) is 13.6. The minimum Gasteiger partial charge on any atom is -0.451 e. The molecule has 2 heterocycles. The predicted octanol–water partition coefficient (Wildman–Crippen LogP) is 2.91. The van der Waals surface area contributed by atoms with Crippen molar-refractivity contribution in [3.8, 4) is 0 Å². The third-order valence-electron chi connectivity index (χ3n) is 3.61. The van der Waals surface area contributed by atoms with Crippen LogP contribution in [0.1, 0.15) is 22.5 Å². The Labute approximate surface area is 136 Å². The largest absolute Gasteiger partial charge is 0.451 e. The zero-order valence-corrected chi connectivity index (χ0v) is 13.4. The fourth-order valence-electron chi connectivity index (χ4n) is 2.56. The van der Waals surface area contributed by atoms with Crippen molar-refractivity contribution in [1.82, 2.24) is 4.98 Å². The maximum atomic E-state index is 12.3. The molecule has 0 bridgehead atoms. The lowest BCUT2D eigenvalue weighted by Gasteiger charge is -2.29. The summed E-state index contributed by atoms with van der Waals surface area (Å²) >= 11 is 3.25. The molecule has 0 saturated heterocycles. The summed E-state index contributed by atoms with van der Waals surface area (Å²) < 4.78 is 5.85. The number of carbonyl (C=O) groups is 2. The van der Waals surface area contributed by atoms with Gasteiger partial charge in [0.2, 0.25) is 0 Å². The molecule has 1 amide bonds. The van der Waals surface area contributed by atoms with Crippen LogP contribution < -0.4 is 4.90 Å². The van der Waals surface area contributed by atoms with E-state index in [0.717, 1.165) is 28.6 Å². The highest BCUT2D eigenvalue weighted by Crippen LogP contribution is 2.26. The maximum absolute atomic E-state index is 12.3. The minimum absolute atomic E-state index is 0.203. The molecule has 114 valence electrons. The van der Waals surface area contributed by atoms with Gasteiger partial charge in [0.1, 0.15) is 5.69 Å². The number of nitrogens with zero attached hydrogens (tertiary/aromatic N) is 1. The second-order valence-electron chi connectivity index (χ2n) is 5.09. The van der Waals surface area contributed by atoms with E-state index in [4.69, 9.17) is 4.74 Å². The van der Waals surface area contributed by atoms with Crippen molar-refractivity contribution >= 4 is 33.5 Å². The Balaban J connectivity index is 1.65. The molecule has 1 aromatic carbocycles. The minimum atomic E-state index is -0.538. The second-order valence-corrected chi connectivity index (χ2v) is 6.00. The number of hydrogen-bond donors (Lipinski definition) is 1. The lowest BCUT2D eigenvalue weighted by Crippen LogP contribution is -2.38. The summed E-state index contributed by atoms with van der Waals surface area (Å²) in [5.41, 5.74) is 2.39. The highest BCUT2D eigenvalue weighted by Gasteiger charge is 2.23. The summed E-state index contributed by atoms with van der Waals surface area (Å²) in [6.45, 7) is 0.394. The lowest BCUT2D eigenvalue weighted by molar-refractivity contribution is -0.121. The Morgan fingerprint density at radius 3 is 2.91 bits per heavy atom. The molecule has 6 heteroatoms. The summed E-state index contributed by atoms with van der Waals surface area (Å²) in [5, 5.41) is 0. The van der Waals surface area contributed by atoms with E-state index in [9.17, 15) is 9.59 Å². The molecule has 1 aliphatic heterocycles. The zero-order valence-electron chi connectivity index (χ0n) is 11.8. The highest BCUT2D eigenvalue weighted by atomic mass is 79.9. The maximum Gasteiger partial charge on any atom is 0.355 e. The molecule has 1 aromatic heterocycles. The first-order valence-electron chi connectivity index (χ1n) is 7.04. The number of ether oxygens (including phenoxy) is 1. The van der Waals surface area contributed by atoms with Crippen LogP contribution in [0.25, 0.3) is 0 Å². The summed E-state index contributed by atoms with van der Waals surface area (Å²) in [6.07, 6.45) is 3.52. The molecule has 0 unspecified atom stereocenters. The van der Waals surface area contributed by atoms with Crippen molar-refractivity contribution in [2.24, 2.45) is 0 Å². The molecule has 0 atom stereocenters. The van der Waals surface area contributed by atoms with Gasteiger partial charge in [0.05, 0.1) is 0 Å². The highest BCUT2D eigenvalue weighted by molar-refractivity contribution is 9.10. The van der Waals surface area contributed by atoms with Crippen LogP contribution in [0.2, 0.25) is 0 Å². The van der Waals surface area contributed by atoms with Crippen LogP contribution in [-0.2, 0) is 16.0 Å². The molecule has 22 heavy (non-hydrogen) atoms. The van der Waals surface area contributed by atoms with Gasteiger partial charge < -0.3 is 14.6 Å². The molecule has 2 aromatic rings. The monoisotopic (exact) mass is 362 g/mol. The number of para-hydroxylation sites is 1. The van der Waals surface area contributed by atoms with Crippen LogP contribution in [-0.4, -0.2) is 30.0 Å². The first kappa shape index (κ1) is 14.8. The van der Waals surface area contributed by atoms with Crippen LogP contribution in [0.15, 0.2) is 41.0 Å². The Morgan fingerprint density at radius 2 is 2.14 bits per heavy atom. The van der Waals surface area contributed by atoms with E-state index in [0.29, 0.717) is 12.2 Å². The Kier molecular flexibility index (Phi) is 4.29. The van der Waals surface area contributed by atoms with E-state index in [1.54, 1.807) is 17.2 Å². The summed E-state index contributed by atoms with van der Waals surface area (Å²) in [7, 11) is 0. The van der Waals surface area contributed by atoms with Gasteiger partial charge in [-0.3, -0.25) is 4.79 Å². The summed E-state index contributed by atoms with van der Waals surface area (Å²) in [4.78, 5) is 28.6. The molecule has 0 fully saturated rings. The van der Waals surface area contributed by atoms with Gasteiger partial charge in [0.25, 0.3) is 5.91 Å². The Bertz CT molecular complexity index is 711. The van der Waals surface area contributed by atoms with E-state index in [1.165, 1.54) is 0 Å². The van der Waals surface area contributed by atoms with Crippen molar-refractivity contribution in [3.63, 3.8) is 0 Å².